The highest BCUT2D eigenvalue weighted by Gasteiger charge is 2.06. The van der Waals surface area contributed by atoms with Gasteiger partial charge in [0.15, 0.2) is 0 Å². The molecule has 0 aromatic heterocycles. The summed E-state index contributed by atoms with van der Waals surface area (Å²) in [6, 6.07) is 20.7. The lowest BCUT2D eigenvalue weighted by Crippen LogP contribution is -1.86. The molecule has 0 atom stereocenters. The minimum Gasteiger partial charge on any atom is -0.388 e. The van der Waals surface area contributed by atoms with Crippen LogP contribution in [0, 0.1) is 11.5 Å². The van der Waals surface area contributed by atoms with Crippen LogP contribution in [0.3, 0.4) is 0 Å². The van der Waals surface area contributed by atoms with E-state index in [0.717, 1.165) is 33.4 Å². The normalized spacial score (nSPS) is 10.0. The van der Waals surface area contributed by atoms with E-state index in [1.807, 2.05) is 42.5 Å². The van der Waals surface area contributed by atoms with Crippen LogP contribution < -0.4 is 4.74 Å². The molecule has 3 nitrogen and oxygen atoms in total. The predicted octanol–water partition coefficient (Wildman–Crippen LogP) is 4.98. The molecule has 0 fully saturated rings. The molecule has 0 radical (unpaired) electrons. The molecule has 116 valence electrons. The summed E-state index contributed by atoms with van der Waals surface area (Å²) in [7, 11) is 0. The third kappa shape index (κ3) is 3.32. The second kappa shape index (κ2) is 7.03. The monoisotopic (exact) mass is 331 g/mol. The molecule has 3 aromatic rings. The van der Waals surface area contributed by atoms with Crippen LogP contribution in [0.2, 0.25) is 0 Å². The number of aldehydes is 1. The highest BCUT2D eigenvalue weighted by Crippen LogP contribution is 2.31. The first-order valence-electron chi connectivity index (χ1n) is 7.26. The second-order valence-corrected chi connectivity index (χ2v) is 5.67. The lowest BCUT2D eigenvalue weighted by atomic mass is 9.99. The SMILES string of the molecule is N#COc1ccc(-c2ccc(-c3ccc(C=O)cc3)c(S)c2)cc1. The highest BCUT2D eigenvalue weighted by atomic mass is 32.1. The number of hydrogen-bond donors (Lipinski definition) is 1. The van der Waals surface area contributed by atoms with Gasteiger partial charge in [-0.15, -0.1) is 17.9 Å². The number of benzene rings is 3. The standard InChI is InChI=1S/C20H13NO2S/c21-13-23-18-8-5-15(6-9-18)17-7-10-19(20(24)11-17)16-3-1-14(12-22)2-4-16/h1-12,24H. The molecule has 0 saturated carbocycles. The second-order valence-electron chi connectivity index (χ2n) is 5.19. The Hall–Kier alpha value is -3.03. The Kier molecular flexibility index (Phi) is 4.64. The van der Waals surface area contributed by atoms with Gasteiger partial charge in [-0.1, -0.05) is 48.5 Å². The summed E-state index contributed by atoms with van der Waals surface area (Å²) in [5.74, 6) is 0.513. The molecule has 0 aliphatic heterocycles. The fraction of sp³-hybridized carbons (Fsp3) is 0. The largest absolute Gasteiger partial charge is 0.388 e. The first kappa shape index (κ1) is 15.9. The number of carbonyl (C=O) groups is 1. The van der Waals surface area contributed by atoms with Gasteiger partial charge < -0.3 is 4.74 Å². The van der Waals surface area contributed by atoms with Gasteiger partial charge in [-0.3, -0.25) is 4.79 Å². The van der Waals surface area contributed by atoms with E-state index in [2.05, 4.69) is 12.6 Å². The van der Waals surface area contributed by atoms with Crippen LogP contribution in [0.5, 0.6) is 5.75 Å². The summed E-state index contributed by atoms with van der Waals surface area (Å²) < 4.78 is 4.78. The van der Waals surface area contributed by atoms with Crippen molar-refractivity contribution in [1.82, 2.24) is 0 Å². The van der Waals surface area contributed by atoms with Crippen molar-refractivity contribution in [2.24, 2.45) is 0 Å². The first-order chi connectivity index (χ1) is 11.7. The van der Waals surface area contributed by atoms with E-state index in [0.29, 0.717) is 11.3 Å². The minimum atomic E-state index is 0.513. The van der Waals surface area contributed by atoms with Crippen LogP contribution in [-0.2, 0) is 0 Å². The molecule has 3 aromatic carbocycles. The molecule has 0 saturated heterocycles. The van der Waals surface area contributed by atoms with E-state index in [-0.39, 0.29) is 0 Å². The van der Waals surface area contributed by atoms with Gasteiger partial charge in [0.2, 0.25) is 0 Å². The number of hydrogen-bond acceptors (Lipinski definition) is 4. The summed E-state index contributed by atoms with van der Waals surface area (Å²) in [6.45, 7) is 0. The molecule has 0 bridgehead atoms. The van der Waals surface area contributed by atoms with Gasteiger partial charge in [-0.05, 0) is 40.5 Å². The molecule has 0 heterocycles. The molecule has 24 heavy (non-hydrogen) atoms. The van der Waals surface area contributed by atoms with Crippen molar-refractivity contribution in [3.05, 3.63) is 72.3 Å². The topological polar surface area (TPSA) is 50.1 Å². The maximum absolute atomic E-state index is 10.7. The van der Waals surface area contributed by atoms with Crippen molar-refractivity contribution < 1.29 is 9.53 Å². The van der Waals surface area contributed by atoms with Crippen molar-refractivity contribution in [2.45, 2.75) is 4.90 Å². The quantitative estimate of drug-likeness (QED) is 0.417. The molecule has 3 rings (SSSR count). The third-order valence-electron chi connectivity index (χ3n) is 3.71. The number of thiol groups is 1. The highest BCUT2D eigenvalue weighted by molar-refractivity contribution is 7.80. The summed E-state index contributed by atoms with van der Waals surface area (Å²) in [5, 5.41) is 8.51. The van der Waals surface area contributed by atoms with E-state index >= 15 is 0 Å². The molecular formula is C20H13NO2S. The fourth-order valence-electron chi connectivity index (χ4n) is 2.46. The van der Waals surface area contributed by atoms with Crippen LogP contribution in [0.15, 0.2) is 71.6 Å². The lowest BCUT2D eigenvalue weighted by molar-refractivity contribution is 0.112. The van der Waals surface area contributed by atoms with Gasteiger partial charge in [0.05, 0.1) is 0 Å². The first-order valence-corrected chi connectivity index (χ1v) is 7.71. The van der Waals surface area contributed by atoms with Gasteiger partial charge >= 0.3 is 0 Å². The summed E-state index contributed by atoms with van der Waals surface area (Å²) in [4.78, 5) is 11.6. The van der Waals surface area contributed by atoms with Gasteiger partial charge in [-0.25, -0.2) is 0 Å². The number of rotatable bonds is 4. The third-order valence-corrected chi connectivity index (χ3v) is 4.08. The summed E-state index contributed by atoms with van der Waals surface area (Å²) in [6.07, 6.45) is 2.48. The Balaban J connectivity index is 1.91. The van der Waals surface area contributed by atoms with E-state index in [9.17, 15) is 4.79 Å². The zero-order valence-corrected chi connectivity index (χ0v) is 13.5. The van der Waals surface area contributed by atoms with E-state index in [4.69, 9.17) is 10.00 Å². The van der Waals surface area contributed by atoms with E-state index in [1.165, 1.54) is 0 Å². The zero-order chi connectivity index (χ0) is 16.9. The van der Waals surface area contributed by atoms with Crippen molar-refractivity contribution >= 4 is 18.9 Å². The van der Waals surface area contributed by atoms with Gasteiger partial charge in [-0.2, -0.15) is 0 Å². The Bertz CT molecular complexity index is 910. The van der Waals surface area contributed by atoms with Gasteiger partial charge in [0, 0.05) is 10.5 Å². The number of nitriles is 1. The molecule has 0 unspecified atom stereocenters. The van der Waals surface area contributed by atoms with Crippen LogP contribution in [0.4, 0.5) is 0 Å². The average Bonchev–Trinajstić information content (AvgIpc) is 2.63. The van der Waals surface area contributed by atoms with Crippen LogP contribution >= 0.6 is 12.6 Å². The molecular weight excluding hydrogens is 318 g/mol. The molecule has 0 N–H and O–H groups in total. The maximum Gasteiger partial charge on any atom is 0.292 e. The summed E-state index contributed by atoms with van der Waals surface area (Å²) >= 11 is 4.59. The molecule has 0 spiro atoms. The number of ether oxygens (including phenoxy) is 1. The van der Waals surface area contributed by atoms with Crippen molar-refractivity contribution in [1.29, 1.82) is 5.26 Å². The lowest BCUT2D eigenvalue weighted by Gasteiger charge is -2.09. The fourth-order valence-corrected chi connectivity index (χ4v) is 2.81. The molecule has 0 amide bonds. The van der Waals surface area contributed by atoms with Crippen LogP contribution in [0.25, 0.3) is 22.3 Å². The Labute approximate surface area is 145 Å². The number of nitrogens with zero attached hydrogens (tertiary/aromatic N) is 1. The maximum atomic E-state index is 10.7. The predicted molar refractivity (Wildman–Crippen MR) is 96.2 cm³/mol. The van der Waals surface area contributed by atoms with Crippen molar-refractivity contribution in [3.63, 3.8) is 0 Å². The average molecular weight is 331 g/mol. The molecule has 0 aliphatic rings. The van der Waals surface area contributed by atoms with Crippen LogP contribution in [0.1, 0.15) is 10.4 Å². The van der Waals surface area contributed by atoms with Crippen molar-refractivity contribution in [2.75, 3.05) is 0 Å². The smallest absolute Gasteiger partial charge is 0.292 e. The molecule has 4 heteroatoms. The van der Waals surface area contributed by atoms with Crippen LogP contribution in [-0.4, -0.2) is 6.29 Å². The van der Waals surface area contributed by atoms with E-state index < -0.39 is 0 Å². The van der Waals surface area contributed by atoms with Gasteiger partial charge in [0.25, 0.3) is 6.26 Å². The Morgan fingerprint density at radius 2 is 1.50 bits per heavy atom. The Morgan fingerprint density at radius 3 is 2.08 bits per heavy atom. The Morgan fingerprint density at radius 1 is 0.875 bits per heavy atom. The number of carbonyl (C=O) groups excluding carboxylic acids is 1. The van der Waals surface area contributed by atoms with E-state index in [1.54, 1.807) is 30.5 Å². The minimum absolute atomic E-state index is 0.513. The summed E-state index contributed by atoms with van der Waals surface area (Å²) in [5.41, 5.74) is 4.70. The molecule has 0 aliphatic carbocycles. The zero-order valence-electron chi connectivity index (χ0n) is 12.6. The van der Waals surface area contributed by atoms with Gasteiger partial charge in [0.1, 0.15) is 12.0 Å². The van der Waals surface area contributed by atoms with Crippen molar-refractivity contribution in [3.8, 4) is 34.3 Å².